The fourth-order valence-corrected chi connectivity index (χ4v) is 5.88. The number of benzene rings is 3. The molecule has 1 heterocycles. The first-order chi connectivity index (χ1) is 21.2. The SMILES string of the molecule is CN(CC(c1ccccc1)c1ccccc1)C(=O)[C@H](CCN1CCCCC1)NCC(C)(C)NC(=O)/C=C/c1ccc(Cl)cc1. The highest BCUT2D eigenvalue weighted by atomic mass is 35.5. The lowest BCUT2D eigenvalue weighted by Crippen LogP contribution is -2.55. The van der Waals surface area contributed by atoms with Gasteiger partial charge in [-0.15, -0.1) is 0 Å². The van der Waals surface area contributed by atoms with Crippen LogP contribution in [-0.2, 0) is 9.59 Å². The van der Waals surface area contributed by atoms with Gasteiger partial charge in [0.25, 0.3) is 0 Å². The number of nitrogens with one attached hydrogen (secondary N) is 2. The quantitative estimate of drug-likeness (QED) is 0.207. The molecule has 0 radical (unpaired) electrons. The Morgan fingerprint density at radius 1 is 0.909 bits per heavy atom. The zero-order valence-corrected chi connectivity index (χ0v) is 27.1. The predicted molar refractivity (Wildman–Crippen MR) is 182 cm³/mol. The van der Waals surface area contributed by atoms with Gasteiger partial charge >= 0.3 is 0 Å². The van der Waals surface area contributed by atoms with Gasteiger partial charge in [0, 0.05) is 49.2 Å². The molecule has 3 aromatic rings. The van der Waals surface area contributed by atoms with Gasteiger partial charge in [0.05, 0.1) is 6.04 Å². The number of halogens is 1. The minimum Gasteiger partial charge on any atom is -0.346 e. The van der Waals surface area contributed by atoms with Crippen LogP contribution in [0.2, 0.25) is 5.02 Å². The molecular weight excluding hydrogens is 568 g/mol. The van der Waals surface area contributed by atoms with Crippen LogP contribution < -0.4 is 10.6 Å². The third-order valence-corrected chi connectivity index (χ3v) is 8.52. The Hall–Kier alpha value is -3.45. The van der Waals surface area contributed by atoms with Gasteiger partial charge in [-0.2, -0.15) is 0 Å². The first-order valence-electron chi connectivity index (χ1n) is 15.8. The summed E-state index contributed by atoms with van der Waals surface area (Å²) >= 11 is 5.97. The number of piperidine rings is 1. The molecule has 1 atom stereocenters. The fraction of sp³-hybridized carbons (Fsp3) is 0.405. The standard InChI is InChI=1S/C37H47ClN4O2/c1-37(2,40-35(43)22-19-29-17-20-32(38)21-18-29)28-39-34(23-26-42-24-11-6-12-25-42)36(44)41(3)27-33(30-13-7-4-8-14-30)31-15-9-5-10-16-31/h4-5,7-10,13-22,33-34,39H,6,11-12,23-28H2,1-3H3,(H,40,43)/b22-19+/t34-/m0/s1. The van der Waals surface area contributed by atoms with Gasteiger partial charge in [-0.25, -0.2) is 0 Å². The Balaban J connectivity index is 1.43. The van der Waals surface area contributed by atoms with Crippen molar-refractivity contribution in [1.82, 2.24) is 20.4 Å². The number of hydrogen-bond donors (Lipinski definition) is 2. The van der Waals surface area contributed by atoms with Crippen molar-refractivity contribution in [2.45, 2.75) is 57.0 Å². The van der Waals surface area contributed by atoms with Crippen molar-refractivity contribution >= 4 is 29.5 Å². The summed E-state index contributed by atoms with van der Waals surface area (Å²) in [5.74, 6) is -0.0468. The molecule has 234 valence electrons. The number of carbonyl (C=O) groups excluding carboxylic acids is 2. The van der Waals surface area contributed by atoms with E-state index >= 15 is 0 Å². The first kappa shape index (κ1) is 33.4. The molecule has 0 aliphatic carbocycles. The van der Waals surface area contributed by atoms with Gasteiger partial charge in [0.1, 0.15) is 0 Å². The Morgan fingerprint density at radius 3 is 2.09 bits per heavy atom. The van der Waals surface area contributed by atoms with Gasteiger partial charge in [-0.1, -0.05) is 90.8 Å². The molecule has 0 spiro atoms. The van der Waals surface area contributed by atoms with Crippen molar-refractivity contribution in [2.75, 3.05) is 39.8 Å². The summed E-state index contributed by atoms with van der Waals surface area (Å²) in [7, 11) is 1.91. The fourth-order valence-electron chi connectivity index (χ4n) is 5.75. The average Bonchev–Trinajstić information content (AvgIpc) is 3.04. The van der Waals surface area contributed by atoms with E-state index in [1.54, 1.807) is 18.2 Å². The van der Waals surface area contributed by atoms with Crippen LogP contribution in [0.4, 0.5) is 0 Å². The topological polar surface area (TPSA) is 64.7 Å². The van der Waals surface area contributed by atoms with Crippen LogP contribution in [0, 0.1) is 0 Å². The van der Waals surface area contributed by atoms with E-state index in [4.69, 9.17) is 11.6 Å². The van der Waals surface area contributed by atoms with Crippen LogP contribution in [0.15, 0.2) is 91.0 Å². The Labute approximate surface area is 268 Å². The third kappa shape index (κ3) is 10.6. The summed E-state index contributed by atoms with van der Waals surface area (Å²) in [6, 6.07) is 27.8. The van der Waals surface area contributed by atoms with E-state index in [0.717, 1.165) is 25.2 Å². The molecule has 0 bridgehead atoms. The maximum absolute atomic E-state index is 14.1. The van der Waals surface area contributed by atoms with Gasteiger partial charge in [0.15, 0.2) is 0 Å². The normalized spacial score (nSPS) is 14.9. The summed E-state index contributed by atoms with van der Waals surface area (Å²) in [6.45, 7) is 8.03. The number of likely N-dealkylation sites (tertiary alicyclic amines) is 1. The van der Waals surface area contributed by atoms with Crippen molar-refractivity contribution in [1.29, 1.82) is 0 Å². The molecule has 0 aromatic heterocycles. The number of nitrogens with zero attached hydrogens (tertiary/aromatic N) is 2. The highest BCUT2D eigenvalue weighted by molar-refractivity contribution is 6.30. The van der Waals surface area contributed by atoms with Crippen LogP contribution in [0.25, 0.3) is 6.08 Å². The predicted octanol–water partition coefficient (Wildman–Crippen LogP) is 6.37. The largest absolute Gasteiger partial charge is 0.346 e. The van der Waals surface area contributed by atoms with Crippen LogP contribution in [-0.4, -0.2) is 73.0 Å². The van der Waals surface area contributed by atoms with Gasteiger partial charge in [-0.05, 0) is 81.1 Å². The lowest BCUT2D eigenvalue weighted by atomic mass is 9.90. The minimum atomic E-state index is -0.569. The Kier molecular flexibility index (Phi) is 12.6. The third-order valence-electron chi connectivity index (χ3n) is 8.27. The second-order valence-corrected chi connectivity index (χ2v) is 12.9. The molecule has 6 nitrogen and oxygen atoms in total. The molecule has 1 aliphatic rings. The van der Waals surface area contributed by atoms with E-state index in [0.29, 0.717) is 24.5 Å². The van der Waals surface area contributed by atoms with E-state index in [1.165, 1.54) is 36.5 Å². The van der Waals surface area contributed by atoms with E-state index in [-0.39, 0.29) is 23.8 Å². The number of likely N-dealkylation sites (N-methyl/N-ethyl adjacent to an activating group) is 1. The van der Waals surface area contributed by atoms with Crippen molar-refractivity contribution in [3.63, 3.8) is 0 Å². The molecule has 7 heteroatoms. The summed E-state index contributed by atoms with van der Waals surface area (Å²) in [6.07, 6.45) is 7.72. The summed E-state index contributed by atoms with van der Waals surface area (Å²) in [5, 5.41) is 7.30. The van der Waals surface area contributed by atoms with Crippen molar-refractivity contribution < 1.29 is 9.59 Å². The van der Waals surface area contributed by atoms with Crippen molar-refractivity contribution in [3.8, 4) is 0 Å². The van der Waals surface area contributed by atoms with Crippen molar-refractivity contribution in [2.24, 2.45) is 0 Å². The minimum absolute atomic E-state index is 0.0669. The lowest BCUT2D eigenvalue weighted by molar-refractivity contribution is -0.132. The highest BCUT2D eigenvalue weighted by Crippen LogP contribution is 2.26. The average molecular weight is 615 g/mol. The van der Waals surface area contributed by atoms with E-state index < -0.39 is 5.54 Å². The molecule has 4 rings (SSSR count). The molecule has 2 amide bonds. The molecule has 0 saturated carbocycles. The molecule has 44 heavy (non-hydrogen) atoms. The lowest BCUT2D eigenvalue weighted by Gasteiger charge is -2.33. The monoisotopic (exact) mass is 614 g/mol. The molecule has 0 unspecified atom stereocenters. The summed E-state index contributed by atoms with van der Waals surface area (Å²) in [5.41, 5.74) is 2.70. The smallest absolute Gasteiger partial charge is 0.244 e. The molecule has 2 N–H and O–H groups in total. The molecular formula is C37H47ClN4O2. The molecule has 1 fully saturated rings. The Bertz CT molecular complexity index is 1300. The van der Waals surface area contributed by atoms with E-state index in [9.17, 15) is 9.59 Å². The second kappa shape index (κ2) is 16.6. The number of amides is 2. The number of hydrogen-bond acceptors (Lipinski definition) is 4. The van der Waals surface area contributed by atoms with Crippen LogP contribution in [0.5, 0.6) is 0 Å². The first-order valence-corrected chi connectivity index (χ1v) is 16.1. The van der Waals surface area contributed by atoms with Crippen molar-refractivity contribution in [3.05, 3.63) is 113 Å². The van der Waals surface area contributed by atoms with E-state index in [2.05, 4.69) is 64.1 Å². The zero-order chi connectivity index (χ0) is 31.4. The molecule has 3 aromatic carbocycles. The zero-order valence-electron chi connectivity index (χ0n) is 26.3. The second-order valence-electron chi connectivity index (χ2n) is 12.5. The van der Waals surface area contributed by atoms with Gasteiger partial charge in [0.2, 0.25) is 11.8 Å². The number of rotatable bonds is 14. The maximum atomic E-state index is 14.1. The highest BCUT2D eigenvalue weighted by Gasteiger charge is 2.28. The van der Waals surface area contributed by atoms with Gasteiger partial charge in [-0.3, -0.25) is 9.59 Å². The van der Waals surface area contributed by atoms with Crippen LogP contribution >= 0.6 is 11.6 Å². The number of carbonyl (C=O) groups is 2. The molecule has 1 saturated heterocycles. The summed E-state index contributed by atoms with van der Waals surface area (Å²) in [4.78, 5) is 31.2. The Morgan fingerprint density at radius 2 is 1.50 bits per heavy atom. The van der Waals surface area contributed by atoms with Crippen LogP contribution in [0.1, 0.15) is 62.1 Å². The molecule has 1 aliphatic heterocycles. The maximum Gasteiger partial charge on any atom is 0.244 e. The van der Waals surface area contributed by atoms with Gasteiger partial charge < -0.3 is 20.4 Å². The van der Waals surface area contributed by atoms with E-state index in [1.807, 2.05) is 50.1 Å². The van der Waals surface area contributed by atoms with Crippen LogP contribution in [0.3, 0.4) is 0 Å². The summed E-state index contributed by atoms with van der Waals surface area (Å²) < 4.78 is 0.